The van der Waals surface area contributed by atoms with Gasteiger partial charge in [0.15, 0.2) is 0 Å². The second-order valence-electron chi connectivity index (χ2n) is 7.14. The molecule has 0 spiro atoms. The molecule has 1 saturated heterocycles. The summed E-state index contributed by atoms with van der Waals surface area (Å²) in [6, 6.07) is 15.4. The van der Waals surface area contributed by atoms with Gasteiger partial charge in [-0.1, -0.05) is 37.6 Å². The van der Waals surface area contributed by atoms with Gasteiger partial charge < -0.3 is 15.1 Å². The molecule has 134 valence electrons. The summed E-state index contributed by atoms with van der Waals surface area (Å²) in [5, 5.41) is 19.2. The van der Waals surface area contributed by atoms with Gasteiger partial charge in [-0.05, 0) is 73.0 Å². The number of rotatable bonds is 9. The first-order chi connectivity index (χ1) is 12.2. The predicted molar refractivity (Wildman–Crippen MR) is 102 cm³/mol. The Bertz CT molecular complexity index is 647. The van der Waals surface area contributed by atoms with Crippen molar-refractivity contribution in [1.82, 2.24) is 4.90 Å². The fourth-order valence-electron chi connectivity index (χ4n) is 3.79. The zero-order valence-electron chi connectivity index (χ0n) is 15.1. The van der Waals surface area contributed by atoms with E-state index >= 15 is 0 Å². The molecule has 3 nitrogen and oxygen atoms in total. The lowest BCUT2D eigenvalue weighted by molar-refractivity contribution is 0.443. The first kappa shape index (κ1) is 17.8. The summed E-state index contributed by atoms with van der Waals surface area (Å²) in [6.07, 6.45) is 4.68. The first-order valence-corrected chi connectivity index (χ1v) is 9.47. The second-order valence-corrected chi connectivity index (χ2v) is 7.14. The molecule has 2 atom stereocenters. The largest absolute Gasteiger partial charge is 0.508 e. The lowest BCUT2D eigenvalue weighted by atomic mass is 9.77. The molecule has 25 heavy (non-hydrogen) atoms. The molecule has 3 heteroatoms. The molecule has 1 aliphatic heterocycles. The third-order valence-electron chi connectivity index (χ3n) is 5.35. The maximum Gasteiger partial charge on any atom is 0.115 e. The molecule has 0 aromatic heterocycles. The van der Waals surface area contributed by atoms with Crippen molar-refractivity contribution in [2.45, 2.75) is 44.4 Å². The van der Waals surface area contributed by atoms with Crippen molar-refractivity contribution in [3.8, 4) is 11.5 Å². The van der Waals surface area contributed by atoms with Gasteiger partial charge in [0.2, 0.25) is 0 Å². The molecule has 0 amide bonds. The van der Waals surface area contributed by atoms with E-state index in [9.17, 15) is 10.2 Å². The van der Waals surface area contributed by atoms with Gasteiger partial charge in [0.05, 0.1) is 0 Å². The number of hydrogen-bond donors (Lipinski definition) is 2. The zero-order chi connectivity index (χ0) is 17.6. The number of unbranched alkanes of at least 4 members (excludes halogenated alkanes) is 1. The Hall–Kier alpha value is -2.00. The molecule has 0 saturated carbocycles. The summed E-state index contributed by atoms with van der Waals surface area (Å²) >= 11 is 0. The number of hydrogen-bond acceptors (Lipinski definition) is 3. The van der Waals surface area contributed by atoms with Crippen molar-refractivity contribution in [3.63, 3.8) is 0 Å². The lowest BCUT2D eigenvalue weighted by Gasteiger charge is -2.28. The van der Waals surface area contributed by atoms with E-state index in [1.807, 2.05) is 12.1 Å². The SMILES string of the molecule is CC[C@H](c1ccc(O)cc1)[C@@H](CCCCN1CC1)c1ccc(O)cc1. The molecule has 0 bridgehead atoms. The van der Waals surface area contributed by atoms with E-state index in [0.29, 0.717) is 23.3 Å². The molecule has 2 N–H and O–H groups in total. The van der Waals surface area contributed by atoms with Crippen LogP contribution in [0, 0.1) is 0 Å². The van der Waals surface area contributed by atoms with E-state index in [4.69, 9.17) is 0 Å². The van der Waals surface area contributed by atoms with Crippen molar-refractivity contribution < 1.29 is 10.2 Å². The number of phenols is 2. The van der Waals surface area contributed by atoms with Crippen LogP contribution >= 0.6 is 0 Å². The Kier molecular flexibility index (Phi) is 5.98. The molecule has 2 aromatic carbocycles. The zero-order valence-corrected chi connectivity index (χ0v) is 15.1. The summed E-state index contributed by atoms with van der Waals surface area (Å²) in [4.78, 5) is 2.48. The van der Waals surface area contributed by atoms with Crippen molar-refractivity contribution in [2.75, 3.05) is 19.6 Å². The predicted octanol–water partition coefficient (Wildman–Crippen LogP) is 4.86. The van der Waals surface area contributed by atoms with Gasteiger partial charge in [0.25, 0.3) is 0 Å². The second kappa shape index (κ2) is 8.39. The average Bonchev–Trinajstić information content (AvgIpc) is 3.44. The molecule has 1 aliphatic rings. The Morgan fingerprint density at radius 2 is 1.32 bits per heavy atom. The number of aromatic hydroxyl groups is 2. The molecule has 0 unspecified atom stereocenters. The highest BCUT2D eigenvalue weighted by molar-refractivity contribution is 5.34. The van der Waals surface area contributed by atoms with Gasteiger partial charge in [-0.2, -0.15) is 0 Å². The van der Waals surface area contributed by atoms with Crippen LogP contribution in [0.15, 0.2) is 48.5 Å². The summed E-state index contributed by atoms with van der Waals surface area (Å²) in [6.45, 7) is 6.00. The first-order valence-electron chi connectivity index (χ1n) is 9.47. The molecule has 0 radical (unpaired) electrons. The van der Waals surface area contributed by atoms with Crippen molar-refractivity contribution in [1.29, 1.82) is 0 Å². The van der Waals surface area contributed by atoms with E-state index in [2.05, 4.69) is 24.0 Å². The molecule has 2 aromatic rings. The van der Waals surface area contributed by atoms with E-state index in [1.54, 1.807) is 24.3 Å². The van der Waals surface area contributed by atoms with E-state index in [1.165, 1.54) is 43.6 Å². The Morgan fingerprint density at radius 3 is 1.80 bits per heavy atom. The van der Waals surface area contributed by atoms with E-state index in [-0.39, 0.29) is 0 Å². The smallest absolute Gasteiger partial charge is 0.115 e. The molecule has 1 heterocycles. The third-order valence-corrected chi connectivity index (χ3v) is 5.35. The molecule has 3 rings (SSSR count). The summed E-state index contributed by atoms with van der Waals surface area (Å²) < 4.78 is 0. The van der Waals surface area contributed by atoms with Crippen LogP contribution in [0.4, 0.5) is 0 Å². The highest BCUT2D eigenvalue weighted by Gasteiger charge is 2.24. The minimum absolute atomic E-state index is 0.318. The summed E-state index contributed by atoms with van der Waals surface area (Å²) in [5.41, 5.74) is 2.58. The van der Waals surface area contributed by atoms with Gasteiger partial charge in [-0.25, -0.2) is 0 Å². The number of phenolic OH excluding ortho intramolecular Hbond substituents is 2. The standard InChI is InChI=1S/C22H29NO2/c1-2-21(17-6-10-19(24)11-7-17)22(5-3-4-14-23-15-16-23)18-8-12-20(25)13-9-18/h6-13,21-22,24-25H,2-5,14-16H2,1H3/t21-,22+/m1/s1. The van der Waals surface area contributed by atoms with Crippen LogP contribution in [0.3, 0.4) is 0 Å². The van der Waals surface area contributed by atoms with Crippen LogP contribution in [0.1, 0.15) is 55.6 Å². The fraction of sp³-hybridized carbons (Fsp3) is 0.455. The summed E-state index contributed by atoms with van der Waals surface area (Å²) in [7, 11) is 0. The third kappa shape index (κ3) is 4.99. The fourth-order valence-corrected chi connectivity index (χ4v) is 3.79. The van der Waals surface area contributed by atoms with Gasteiger partial charge in [0.1, 0.15) is 11.5 Å². The minimum atomic E-state index is 0.318. The normalized spacial score (nSPS) is 16.5. The van der Waals surface area contributed by atoms with Crippen molar-refractivity contribution >= 4 is 0 Å². The van der Waals surface area contributed by atoms with Crippen LogP contribution in [0.25, 0.3) is 0 Å². The maximum atomic E-state index is 9.63. The Balaban J connectivity index is 1.76. The van der Waals surface area contributed by atoms with Gasteiger partial charge in [-0.3, -0.25) is 0 Å². The maximum absolute atomic E-state index is 9.63. The van der Waals surface area contributed by atoms with Gasteiger partial charge in [-0.15, -0.1) is 0 Å². The topological polar surface area (TPSA) is 43.5 Å². The van der Waals surface area contributed by atoms with Crippen molar-refractivity contribution in [2.24, 2.45) is 0 Å². The van der Waals surface area contributed by atoms with E-state index < -0.39 is 0 Å². The average molecular weight is 339 g/mol. The highest BCUT2D eigenvalue weighted by atomic mass is 16.3. The van der Waals surface area contributed by atoms with Crippen LogP contribution in [0.5, 0.6) is 11.5 Å². The lowest BCUT2D eigenvalue weighted by Crippen LogP contribution is -2.12. The number of nitrogens with zero attached hydrogens (tertiary/aromatic N) is 1. The molecule has 0 aliphatic carbocycles. The highest BCUT2D eigenvalue weighted by Crippen LogP contribution is 2.40. The van der Waals surface area contributed by atoms with Crippen LogP contribution in [0.2, 0.25) is 0 Å². The van der Waals surface area contributed by atoms with Crippen LogP contribution in [-0.4, -0.2) is 34.7 Å². The van der Waals surface area contributed by atoms with E-state index in [0.717, 1.165) is 12.8 Å². The number of benzene rings is 2. The van der Waals surface area contributed by atoms with Crippen molar-refractivity contribution in [3.05, 3.63) is 59.7 Å². The van der Waals surface area contributed by atoms with Crippen LogP contribution < -0.4 is 0 Å². The molecular weight excluding hydrogens is 310 g/mol. The van der Waals surface area contributed by atoms with Gasteiger partial charge >= 0.3 is 0 Å². The minimum Gasteiger partial charge on any atom is -0.508 e. The summed E-state index contributed by atoms with van der Waals surface area (Å²) in [5.74, 6) is 1.50. The van der Waals surface area contributed by atoms with Gasteiger partial charge in [0, 0.05) is 13.1 Å². The molecular formula is C22H29NO2. The Morgan fingerprint density at radius 1 is 0.800 bits per heavy atom. The van der Waals surface area contributed by atoms with Crippen LogP contribution in [-0.2, 0) is 0 Å². The molecule has 1 fully saturated rings. The monoisotopic (exact) mass is 339 g/mol. The quantitative estimate of drug-likeness (QED) is 0.506. The Labute approximate surface area is 150 Å².